The molecule has 4 rings (SSSR count). The van der Waals surface area contributed by atoms with E-state index in [9.17, 15) is 14.8 Å². The molecule has 4 aliphatic heterocycles. The lowest BCUT2D eigenvalue weighted by atomic mass is 9.77. The summed E-state index contributed by atoms with van der Waals surface area (Å²) in [6.07, 6.45) is 6.55. The molecule has 0 saturated carbocycles. The lowest BCUT2D eigenvalue weighted by Gasteiger charge is -2.46. The summed E-state index contributed by atoms with van der Waals surface area (Å²) in [6, 6.07) is 1.17. The number of rotatable bonds is 2. The fourth-order valence-electron chi connectivity index (χ4n) is 5.51. The topological polar surface area (TPSA) is 73.3 Å². The van der Waals surface area contributed by atoms with Gasteiger partial charge in [-0.05, 0) is 58.5 Å². The smallest absolute Gasteiger partial charge is 0.410 e. The summed E-state index contributed by atoms with van der Waals surface area (Å²) >= 11 is 0. The Labute approximate surface area is 148 Å². The number of ether oxygens (including phenoxy) is 1. The Kier molecular flexibility index (Phi) is 4.40. The van der Waals surface area contributed by atoms with E-state index in [0.717, 1.165) is 56.7 Å². The van der Waals surface area contributed by atoms with E-state index < -0.39 is 0 Å². The molecule has 1 N–H and O–H groups in total. The molecule has 4 heterocycles. The summed E-state index contributed by atoms with van der Waals surface area (Å²) in [7, 11) is 0. The number of fused-ring (bicyclic) bond motifs is 2. The third-order valence-electron chi connectivity index (χ3n) is 6.86. The van der Waals surface area contributed by atoms with Crippen LogP contribution in [-0.4, -0.2) is 76.4 Å². The van der Waals surface area contributed by atoms with Gasteiger partial charge in [0.2, 0.25) is 5.91 Å². The molecule has 3 atom stereocenters. The Morgan fingerprint density at radius 1 is 1.20 bits per heavy atom. The van der Waals surface area contributed by atoms with Gasteiger partial charge in [-0.1, -0.05) is 0 Å². The molecule has 4 fully saturated rings. The number of hydrogen-bond donors (Lipinski definition) is 1. The maximum atomic E-state index is 12.2. The molecule has 7 nitrogen and oxygen atoms in total. The molecule has 140 valence electrons. The summed E-state index contributed by atoms with van der Waals surface area (Å²) in [6.45, 7) is 4.77. The number of amides is 2. The fraction of sp³-hybridized carbons (Fsp3) is 0.889. The first kappa shape index (κ1) is 17.1. The predicted octanol–water partition coefficient (Wildman–Crippen LogP) is 1.84. The van der Waals surface area contributed by atoms with Gasteiger partial charge in [0.15, 0.2) is 0 Å². The second kappa shape index (κ2) is 6.43. The van der Waals surface area contributed by atoms with Gasteiger partial charge in [0.05, 0.1) is 13.2 Å². The number of hydrogen-bond acceptors (Lipinski definition) is 5. The van der Waals surface area contributed by atoms with E-state index in [1.807, 2.05) is 11.8 Å². The van der Waals surface area contributed by atoms with Crippen LogP contribution in [0.5, 0.6) is 0 Å². The molecule has 25 heavy (non-hydrogen) atoms. The third kappa shape index (κ3) is 3.01. The Morgan fingerprint density at radius 2 is 1.84 bits per heavy atom. The Bertz CT molecular complexity index is 532. The first-order chi connectivity index (χ1) is 12.0. The highest BCUT2D eigenvalue weighted by Gasteiger charge is 2.49. The minimum absolute atomic E-state index is 0.0209. The molecule has 2 bridgehead atoms. The van der Waals surface area contributed by atoms with E-state index in [-0.39, 0.29) is 17.4 Å². The molecule has 2 amide bonds. The number of carbonyl (C=O) groups excluding carboxylic acids is 2. The highest BCUT2D eigenvalue weighted by molar-refractivity contribution is 5.78. The standard InChI is InChI=1S/C18H29N3O4/c1-2-25-17(23)21-13-3-4-14(21)10-15(9-13)19-7-5-18(6-8-19)11-16(22)20(24)12-18/h13-15,24H,2-12H2,1H3/t13-,14?,15+/m1/s1. The summed E-state index contributed by atoms with van der Waals surface area (Å²) in [4.78, 5) is 28.4. The van der Waals surface area contributed by atoms with E-state index in [2.05, 4.69) is 4.90 Å². The van der Waals surface area contributed by atoms with Gasteiger partial charge in [-0.25, -0.2) is 9.86 Å². The minimum Gasteiger partial charge on any atom is -0.450 e. The normalized spacial score (nSPS) is 34.8. The molecule has 0 aromatic heterocycles. The maximum absolute atomic E-state index is 12.2. The van der Waals surface area contributed by atoms with Gasteiger partial charge >= 0.3 is 6.09 Å². The average molecular weight is 351 g/mol. The van der Waals surface area contributed by atoms with Crippen LogP contribution < -0.4 is 0 Å². The quantitative estimate of drug-likeness (QED) is 0.769. The highest BCUT2D eigenvalue weighted by Crippen LogP contribution is 2.43. The lowest BCUT2D eigenvalue weighted by molar-refractivity contribution is -0.158. The van der Waals surface area contributed by atoms with Crippen LogP contribution in [0.4, 0.5) is 4.79 Å². The van der Waals surface area contributed by atoms with Crippen molar-refractivity contribution in [3.8, 4) is 0 Å². The van der Waals surface area contributed by atoms with Crippen molar-refractivity contribution in [3.63, 3.8) is 0 Å². The van der Waals surface area contributed by atoms with Crippen LogP contribution in [0, 0.1) is 5.41 Å². The van der Waals surface area contributed by atoms with E-state index in [0.29, 0.717) is 37.7 Å². The zero-order chi connectivity index (χ0) is 17.6. The Morgan fingerprint density at radius 3 is 2.36 bits per heavy atom. The van der Waals surface area contributed by atoms with E-state index >= 15 is 0 Å². The van der Waals surface area contributed by atoms with E-state index in [1.165, 1.54) is 0 Å². The van der Waals surface area contributed by atoms with E-state index in [1.54, 1.807) is 0 Å². The summed E-state index contributed by atoms with van der Waals surface area (Å²) in [5.74, 6) is -0.130. The number of nitrogens with zero attached hydrogens (tertiary/aromatic N) is 3. The second-order valence-corrected chi connectivity index (χ2v) is 8.28. The van der Waals surface area contributed by atoms with Crippen LogP contribution in [-0.2, 0) is 9.53 Å². The number of piperidine rings is 2. The van der Waals surface area contributed by atoms with Gasteiger partial charge < -0.3 is 14.5 Å². The van der Waals surface area contributed by atoms with Gasteiger partial charge in [-0.15, -0.1) is 0 Å². The number of carbonyl (C=O) groups is 2. The molecule has 4 aliphatic rings. The molecule has 7 heteroatoms. The zero-order valence-electron chi connectivity index (χ0n) is 15.0. The minimum atomic E-state index is -0.140. The van der Waals surface area contributed by atoms with Crippen molar-refractivity contribution in [2.75, 3.05) is 26.2 Å². The molecule has 0 aliphatic carbocycles. The summed E-state index contributed by atoms with van der Waals surface area (Å²) in [5, 5.41) is 10.6. The molecule has 1 spiro atoms. The summed E-state index contributed by atoms with van der Waals surface area (Å²) in [5.41, 5.74) is -0.0209. The largest absolute Gasteiger partial charge is 0.450 e. The monoisotopic (exact) mass is 351 g/mol. The lowest BCUT2D eigenvalue weighted by Crippen LogP contribution is -2.54. The highest BCUT2D eigenvalue weighted by atomic mass is 16.6. The van der Waals surface area contributed by atoms with E-state index in [4.69, 9.17) is 4.74 Å². The third-order valence-corrected chi connectivity index (χ3v) is 6.86. The molecule has 1 unspecified atom stereocenters. The molecular weight excluding hydrogens is 322 g/mol. The van der Waals surface area contributed by atoms with Gasteiger partial charge in [0, 0.05) is 30.0 Å². The Balaban J connectivity index is 1.35. The van der Waals surface area contributed by atoms with Gasteiger partial charge in [0.25, 0.3) is 0 Å². The van der Waals surface area contributed by atoms with Gasteiger partial charge in [0.1, 0.15) is 0 Å². The SMILES string of the molecule is CCOC(=O)N1C2CC[C@@H]1C[C@H](N1CCC3(CC1)CC(=O)N(O)C3)C2. The van der Waals surface area contributed by atoms with Crippen LogP contribution in [0.1, 0.15) is 51.9 Å². The van der Waals surface area contributed by atoms with Crippen molar-refractivity contribution in [1.29, 1.82) is 0 Å². The Hall–Kier alpha value is -1.34. The van der Waals surface area contributed by atoms with Crippen molar-refractivity contribution in [2.24, 2.45) is 5.41 Å². The second-order valence-electron chi connectivity index (χ2n) is 8.28. The van der Waals surface area contributed by atoms with Crippen LogP contribution in [0.3, 0.4) is 0 Å². The number of hydroxylamine groups is 2. The number of likely N-dealkylation sites (tertiary alicyclic amines) is 1. The zero-order valence-corrected chi connectivity index (χ0v) is 15.0. The van der Waals surface area contributed by atoms with Crippen LogP contribution >= 0.6 is 0 Å². The first-order valence-corrected chi connectivity index (χ1v) is 9.70. The summed E-state index contributed by atoms with van der Waals surface area (Å²) < 4.78 is 5.24. The van der Waals surface area contributed by atoms with Crippen molar-refractivity contribution in [3.05, 3.63) is 0 Å². The molecule has 0 radical (unpaired) electrons. The van der Waals surface area contributed by atoms with Crippen molar-refractivity contribution in [2.45, 2.75) is 70.0 Å². The first-order valence-electron chi connectivity index (χ1n) is 9.70. The van der Waals surface area contributed by atoms with Crippen molar-refractivity contribution >= 4 is 12.0 Å². The molecule has 4 saturated heterocycles. The van der Waals surface area contributed by atoms with Crippen LogP contribution in [0.25, 0.3) is 0 Å². The van der Waals surface area contributed by atoms with Gasteiger partial charge in [-0.3, -0.25) is 10.0 Å². The van der Waals surface area contributed by atoms with Gasteiger partial charge in [-0.2, -0.15) is 0 Å². The predicted molar refractivity (Wildman–Crippen MR) is 90.0 cm³/mol. The van der Waals surface area contributed by atoms with Crippen LogP contribution in [0.15, 0.2) is 0 Å². The van der Waals surface area contributed by atoms with Crippen molar-refractivity contribution < 1.29 is 19.5 Å². The fourth-order valence-corrected chi connectivity index (χ4v) is 5.51. The van der Waals surface area contributed by atoms with Crippen molar-refractivity contribution in [1.82, 2.24) is 14.9 Å². The molecule has 0 aromatic carbocycles. The molecular formula is C18H29N3O4. The van der Waals surface area contributed by atoms with Crippen LogP contribution in [0.2, 0.25) is 0 Å². The average Bonchev–Trinajstić information content (AvgIpc) is 3.01. The maximum Gasteiger partial charge on any atom is 0.410 e. The molecule has 0 aromatic rings.